The first kappa shape index (κ1) is 20.1. The first-order valence-corrected chi connectivity index (χ1v) is 8.12. The molecule has 1 aromatic carbocycles. The van der Waals surface area contributed by atoms with Crippen molar-refractivity contribution in [1.82, 2.24) is 15.5 Å². The molecule has 0 aliphatic carbocycles. The smallest absolute Gasteiger partial charge is 0.237 e. The molecular formula is C18H28FN3O2. The van der Waals surface area contributed by atoms with Gasteiger partial charge in [0.1, 0.15) is 5.82 Å². The van der Waals surface area contributed by atoms with Crippen LogP contribution in [0.2, 0.25) is 0 Å². The Hall–Kier alpha value is -1.95. The molecule has 2 N–H and O–H groups in total. The third-order valence-corrected chi connectivity index (χ3v) is 3.57. The average Bonchev–Trinajstić information content (AvgIpc) is 2.46. The molecule has 2 amide bonds. The van der Waals surface area contributed by atoms with Crippen LogP contribution >= 0.6 is 0 Å². The highest BCUT2D eigenvalue weighted by atomic mass is 19.1. The second kappa shape index (κ2) is 8.78. The second-order valence-corrected chi connectivity index (χ2v) is 7.06. The van der Waals surface area contributed by atoms with Gasteiger partial charge in [-0.05, 0) is 58.9 Å². The topological polar surface area (TPSA) is 61.4 Å². The van der Waals surface area contributed by atoms with Crippen LogP contribution in [0.5, 0.6) is 0 Å². The van der Waals surface area contributed by atoms with E-state index < -0.39 is 6.04 Å². The molecule has 0 spiro atoms. The highest BCUT2D eigenvalue weighted by Gasteiger charge is 2.21. The van der Waals surface area contributed by atoms with Gasteiger partial charge < -0.3 is 10.6 Å². The second-order valence-electron chi connectivity index (χ2n) is 7.06. The fourth-order valence-electron chi connectivity index (χ4n) is 2.15. The van der Waals surface area contributed by atoms with Gasteiger partial charge in [0.15, 0.2) is 0 Å². The molecule has 0 fully saturated rings. The van der Waals surface area contributed by atoms with Gasteiger partial charge in [-0.25, -0.2) is 4.39 Å². The van der Waals surface area contributed by atoms with Crippen LogP contribution in [0.15, 0.2) is 24.3 Å². The highest BCUT2D eigenvalue weighted by Crippen LogP contribution is 2.03. The molecule has 24 heavy (non-hydrogen) atoms. The van der Waals surface area contributed by atoms with Gasteiger partial charge in [0.25, 0.3) is 0 Å². The maximum absolute atomic E-state index is 12.8. The van der Waals surface area contributed by atoms with Gasteiger partial charge in [-0.2, -0.15) is 0 Å². The van der Waals surface area contributed by atoms with E-state index in [1.165, 1.54) is 12.1 Å². The van der Waals surface area contributed by atoms with Crippen LogP contribution in [0.1, 0.15) is 33.3 Å². The van der Waals surface area contributed by atoms with Gasteiger partial charge in [0, 0.05) is 12.1 Å². The van der Waals surface area contributed by atoms with Crippen LogP contribution in [-0.2, 0) is 16.0 Å². The minimum Gasteiger partial charge on any atom is -0.354 e. The number of hydrogen-bond acceptors (Lipinski definition) is 3. The first-order valence-electron chi connectivity index (χ1n) is 8.12. The first-order chi connectivity index (χ1) is 11.1. The van der Waals surface area contributed by atoms with Gasteiger partial charge in [-0.1, -0.05) is 12.1 Å². The molecule has 1 aromatic rings. The van der Waals surface area contributed by atoms with Crippen molar-refractivity contribution in [3.05, 3.63) is 35.6 Å². The molecule has 0 saturated carbocycles. The number of amides is 2. The summed E-state index contributed by atoms with van der Waals surface area (Å²) in [6.07, 6.45) is 0.632. The highest BCUT2D eigenvalue weighted by molar-refractivity contribution is 5.83. The maximum Gasteiger partial charge on any atom is 0.237 e. The fourth-order valence-corrected chi connectivity index (χ4v) is 2.15. The van der Waals surface area contributed by atoms with E-state index in [9.17, 15) is 14.0 Å². The third kappa shape index (κ3) is 7.55. The molecule has 0 aliphatic heterocycles. The SMILES string of the molecule is C[C@@H](C(=O)NCCc1ccc(F)cc1)N(C)CC(=O)NC(C)(C)C. The lowest BCUT2D eigenvalue weighted by Gasteiger charge is -2.26. The number of halogens is 1. The van der Waals surface area contributed by atoms with Gasteiger partial charge >= 0.3 is 0 Å². The number of hydrogen-bond donors (Lipinski definition) is 2. The molecule has 0 radical (unpaired) electrons. The lowest BCUT2D eigenvalue weighted by Crippen LogP contribution is -2.50. The van der Waals surface area contributed by atoms with Crippen LogP contribution in [0.3, 0.4) is 0 Å². The van der Waals surface area contributed by atoms with Crippen LogP contribution in [0.4, 0.5) is 4.39 Å². The van der Waals surface area contributed by atoms with Crippen molar-refractivity contribution in [1.29, 1.82) is 0 Å². The van der Waals surface area contributed by atoms with E-state index in [1.54, 1.807) is 31.0 Å². The summed E-state index contributed by atoms with van der Waals surface area (Å²) in [7, 11) is 1.74. The molecule has 134 valence electrons. The number of nitrogens with one attached hydrogen (secondary N) is 2. The van der Waals surface area contributed by atoms with E-state index in [4.69, 9.17) is 0 Å². The van der Waals surface area contributed by atoms with E-state index in [-0.39, 0.29) is 29.7 Å². The van der Waals surface area contributed by atoms with Gasteiger partial charge in [0.05, 0.1) is 12.6 Å². The minimum absolute atomic E-state index is 0.115. The molecule has 0 saturated heterocycles. The van der Waals surface area contributed by atoms with Crippen molar-refractivity contribution >= 4 is 11.8 Å². The Labute approximate surface area is 143 Å². The number of benzene rings is 1. The van der Waals surface area contributed by atoms with E-state index >= 15 is 0 Å². The molecule has 0 unspecified atom stereocenters. The zero-order valence-corrected chi connectivity index (χ0v) is 15.1. The Morgan fingerprint density at radius 3 is 2.33 bits per heavy atom. The molecule has 1 rings (SSSR count). The van der Waals surface area contributed by atoms with Crippen LogP contribution in [-0.4, -0.2) is 48.4 Å². The fraction of sp³-hybridized carbons (Fsp3) is 0.556. The van der Waals surface area contributed by atoms with E-state index in [2.05, 4.69) is 10.6 Å². The van der Waals surface area contributed by atoms with E-state index in [0.29, 0.717) is 13.0 Å². The van der Waals surface area contributed by atoms with Gasteiger partial charge in [-0.15, -0.1) is 0 Å². The Morgan fingerprint density at radius 2 is 1.79 bits per heavy atom. The summed E-state index contributed by atoms with van der Waals surface area (Å²) in [6, 6.07) is 5.80. The minimum atomic E-state index is -0.413. The van der Waals surface area contributed by atoms with E-state index in [1.807, 2.05) is 20.8 Å². The summed E-state index contributed by atoms with van der Waals surface area (Å²) in [5.41, 5.74) is 0.667. The third-order valence-electron chi connectivity index (χ3n) is 3.57. The molecule has 1 atom stereocenters. The predicted octanol–water partition coefficient (Wildman–Crippen LogP) is 1.72. The van der Waals surface area contributed by atoms with Crippen molar-refractivity contribution in [3.8, 4) is 0 Å². The normalized spacial score (nSPS) is 12.8. The molecule has 0 heterocycles. The number of carbonyl (C=O) groups excluding carboxylic acids is 2. The molecule has 0 aromatic heterocycles. The van der Waals surface area contributed by atoms with Gasteiger partial charge in [-0.3, -0.25) is 14.5 Å². The van der Waals surface area contributed by atoms with Crippen LogP contribution < -0.4 is 10.6 Å². The molecule has 6 heteroatoms. The summed E-state index contributed by atoms with van der Waals surface area (Å²) in [5.74, 6) is -0.523. The molecular weight excluding hydrogens is 309 g/mol. The molecule has 0 bridgehead atoms. The monoisotopic (exact) mass is 337 g/mol. The lowest BCUT2D eigenvalue weighted by molar-refractivity contribution is -0.128. The summed E-state index contributed by atoms with van der Waals surface area (Å²) in [6.45, 7) is 8.13. The summed E-state index contributed by atoms with van der Waals surface area (Å²) < 4.78 is 12.8. The predicted molar refractivity (Wildman–Crippen MR) is 93.1 cm³/mol. The summed E-state index contributed by atoms with van der Waals surface area (Å²) in [4.78, 5) is 25.8. The lowest BCUT2D eigenvalue weighted by atomic mass is 10.1. The Morgan fingerprint density at radius 1 is 1.21 bits per heavy atom. The van der Waals surface area contributed by atoms with Crippen molar-refractivity contribution in [2.45, 2.75) is 45.7 Å². The zero-order chi connectivity index (χ0) is 18.3. The standard InChI is InChI=1S/C18H28FN3O2/c1-13(22(5)12-16(23)21-18(2,3)4)17(24)20-11-10-14-6-8-15(19)9-7-14/h6-9,13H,10-12H2,1-5H3,(H,20,24)(H,21,23)/t13-/m0/s1. The summed E-state index contributed by atoms with van der Waals surface area (Å²) in [5, 5.41) is 5.71. The average molecular weight is 337 g/mol. The zero-order valence-electron chi connectivity index (χ0n) is 15.1. The number of nitrogens with zero attached hydrogens (tertiary/aromatic N) is 1. The Bertz CT molecular complexity index is 552. The molecule has 0 aliphatic rings. The number of carbonyl (C=O) groups is 2. The van der Waals surface area contributed by atoms with Crippen molar-refractivity contribution in [2.24, 2.45) is 0 Å². The molecule has 5 nitrogen and oxygen atoms in total. The maximum atomic E-state index is 12.8. The quantitative estimate of drug-likeness (QED) is 0.796. The Kier molecular flexibility index (Phi) is 7.35. The van der Waals surface area contributed by atoms with Crippen molar-refractivity contribution < 1.29 is 14.0 Å². The van der Waals surface area contributed by atoms with Gasteiger partial charge in [0.2, 0.25) is 11.8 Å². The largest absolute Gasteiger partial charge is 0.354 e. The van der Waals surface area contributed by atoms with Crippen molar-refractivity contribution in [3.63, 3.8) is 0 Å². The number of likely N-dealkylation sites (N-methyl/N-ethyl adjacent to an activating group) is 1. The van der Waals surface area contributed by atoms with E-state index in [0.717, 1.165) is 5.56 Å². The Balaban J connectivity index is 2.37. The number of rotatable bonds is 7. The van der Waals surface area contributed by atoms with Crippen LogP contribution in [0, 0.1) is 5.82 Å². The van der Waals surface area contributed by atoms with Crippen LogP contribution in [0.25, 0.3) is 0 Å². The summed E-state index contributed by atoms with van der Waals surface area (Å²) >= 11 is 0. The van der Waals surface area contributed by atoms with Crippen molar-refractivity contribution in [2.75, 3.05) is 20.1 Å².